The van der Waals surface area contributed by atoms with Crippen molar-refractivity contribution in [2.24, 2.45) is 0 Å². The molecule has 3 rings (SSSR count). The van der Waals surface area contributed by atoms with Gasteiger partial charge in [0.05, 0.1) is 18.8 Å². The van der Waals surface area contributed by atoms with Gasteiger partial charge in [0.2, 0.25) is 0 Å². The Bertz CT molecular complexity index is 1090. The molecule has 204 valence electrons. The highest BCUT2D eigenvalue weighted by Crippen LogP contribution is 2.37. The number of nitrogens with zero attached hydrogens (tertiary/aromatic N) is 2. The summed E-state index contributed by atoms with van der Waals surface area (Å²) in [6.07, 6.45) is 2.74. The molecule has 0 spiro atoms. The van der Waals surface area contributed by atoms with Crippen LogP contribution in [0.25, 0.3) is 0 Å². The molecule has 1 aromatic heterocycles. The zero-order chi connectivity index (χ0) is 27.8. The van der Waals surface area contributed by atoms with E-state index >= 15 is 0 Å². The fraction of sp³-hybridized carbons (Fsp3) is 0.433. The fourth-order valence-electron chi connectivity index (χ4n) is 4.68. The van der Waals surface area contributed by atoms with E-state index in [0.717, 1.165) is 0 Å². The van der Waals surface area contributed by atoms with Crippen molar-refractivity contribution < 1.29 is 18.7 Å². The SMILES string of the molecule is COC(CO[Si](c1ccccc1)(c1ccccc1)C(C)(C)C)C(Cc1ncccn1)NC(=O)OC(C)(C)C. The van der Waals surface area contributed by atoms with Gasteiger partial charge in [-0.3, -0.25) is 0 Å². The van der Waals surface area contributed by atoms with Crippen LogP contribution in [0.1, 0.15) is 47.4 Å². The number of rotatable bonds is 10. The predicted octanol–water partition coefficient (Wildman–Crippen LogP) is 4.50. The second kappa shape index (κ2) is 12.6. The van der Waals surface area contributed by atoms with Crippen molar-refractivity contribution in [2.45, 2.75) is 70.7 Å². The summed E-state index contributed by atoms with van der Waals surface area (Å²) >= 11 is 0. The molecule has 3 aromatic rings. The molecule has 0 saturated heterocycles. The van der Waals surface area contributed by atoms with Crippen molar-refractivity contribution in [1.29, 1.82) is 0 Å². The standard InChI is InChI=1S/C30H41N3O4Si/c1-29(2,3)37-28(34)33-25(21-27-31-19-14-20-32-27)26(35-7)22-36-38(30(4,5)6,23-15-10-8-11-16-23)24-17-12-9-13-18-24/h8-20,25-26H,21-22H2,1-7H3,(H,33,34). The van der Waals surface area contributed by atoms with E-state index in [9.17, 15) is 4.79 Å². The van der Waals surface area contributed by atoms with E-state index in [1.54, 1.807) is 25.6 Å². The number of benzene rings is 2. The van der Waals surface area contributed by atoms with Gasteiger partial charge in [0, 0.05) is 25.9 Å². The minimum Gasteiger partial charge on any atom is -0.444 e. The third-order valence-electron chi connectivity index (χ3n) is 6.36. The van der Waals surface area contributed by atoms with Gasteiger partial charge in [0.1, 0.15) is 11.4 Å². The summed E-state index contributed by atoms with van der Waals surface area (Å²) in [4.78, 5) is 21.6. The third kappa shape index (κ3) is 7.49. The lowest BCUT2D eigenvalue weighted by molar-refractivity contribution is 0.0141. The van der Waals surface area contributed by atoms with Crippen molar-refractivity contribution in [1.82, 2.24) is 15.3 Å². The maximum Gasteiger partial charge on any atom is 0.407 e. The van der Waals surface area contributed by atoms with Gasteiger partial charge in [-0.15, -0.1) is 0 Å². The molecule has 0 aliphatic carbocycles. The van der Waals surface area contributed by atoms with Crippen molar-refractivity contribution in [3.05, 3.63) is 84.9 Å². The molecule has 1 heterocycles. The molecule has 1 amide bonds. The van der Waals surface area contributed by atoms with Gasteiger partial charge in [-0.1, -0.05) is 81.4 Å². The molecule has 0 aliphatic heterocycles. The van der Waals surface area contributed by atoms with Crippen LogP contribution in [0, 0.1) is 0 Å². The average Bonchev–Trinajstić information content (AvgIpc) is 2.86. The van der Waals surface area contributed by atoms with Crippen LogP contribution in [0.5, 0.6) is 0 Å². The van der Waals surface area contributed by atoms with Gasteiger partial charge in [0.15, 0.2) is 0 Å². The molecular formula is C30H41N3O4Si. The minimum atomic E-state index is -2.80. The maximum atomic E-state index is 12.8. The van der Waals surface area contributed by atoms with Crippen LogP contribution in [-0.2, 0) is 20.3 Å². The van der Waals surface area contributed by atoms with E-state index in [0.29, 0.717) is 12.2 Å². The second-order valence-corrected chi connectivity index (χ2v) is 15.7. The zero-order valence-electron chi connectivity index (χ0n) is 23.6. The molecule has 2 aromatic carbocycles. The van der Waals surface area contributed by atoms with Crippen molar-refractivity contribution >= 4 is 24.8 Å². The maximum absolute atomic E-state index is 12.8. The summed E-state index contributed by atoms with van der Waals surface area (Å²) in [7, 11) is -1.17. The number of carbonyl (C=O) groups excluding carboxylic acids is 1. The molecule has 2 unspecified atom stereocenters. The quantitative estimate of drug-likeness (QED) is 0.385. The van der Waals surface area contributed by atoms with Crippen molar-refractivity contribution in [3.63, 3.8) is 0 Å². The van der Waals surface area contributed by atoms with E-state index in [2.05, 4.69) is 84.6 Å². The van der Waals surface area contributed by atoms with Crippen LogP contribution in [0.15, 0.2) is 79.1 Å². The Hall–Kier alpha value is -3.07. The normalized spacial score (nSPS) is 14.0. The average molecular weight is 536 g/mol. The molecule has 7 nitrogen and oxygen atoms in total. The largest absolute Gasteiger partial charge is 0.444 e. The van der Waals surface area contributed by atoms with Gasteiger partial charge < -0.3 is 19.2 Å². The summed E-state index contributed by atoms with van der Waals surface area (Å²) < 4.78 is 18.6. The minimum absolute atomic E-state index is 0.190. The highest BCUT2D eigenvalue weighted by atomic mass is 28.4. The van der Waals surface area contributed by atoms with E-state index in [4.69, 9.17) is 13.9 Å². The second-order valence-electron chi connectivity index (χ2n) is 11.4. The molecule has 0 saturated carbocycles. The number of carbonyl (C=O) groups is 1. The Kier molecular flexibility index (Phi) is 9.81. The number of ether oxygens (including phenoxy) is 2. The Balaban J connectivity index is 1.98. The van der Waals surface area contributed by atoms with Crippen LogP contribution in [0.4, 0.5) is 4.79 Å². The topological polar surface area (TPSA) is 82.6 Å². The summed E-state index contributed by atoms with van der Waals surface area (Å²) in [6.45, 7) is 12.5. The van der Waals surface area contributed by atoms with Crippen LogP contribution in [-0.4, -0.2) is 55.8 Å². The van der Waals surface area contributed by atoms with Crippen molar-refractivity contribution in [2.75, 3.05) is 13.7 Å². The summed E-state index contributed by atoms with van der Waals surface area (Å²) in [5, 5.41) is 5.16. The molecule has 0 fully saturated rings. The lowest BCUT2D eigenvalue weighted by atomic mass is 10.1. The molecule has 8 heteroatoms. The lowest BCUT2D eigenvalue weighted by Crippen LogP contribution is -2.67. The number of methoxy groups -OCH3 is 1. The first-order chi connectivity index (χ1) is 18.0. The number of hydrogen-bond donors (Lipinski definition) is 1. The van der Waals surface area contributed by atoms with Gasteiger partial charge in [-0.05, 0) is 42.2 Å². The van der Waals surface area contributed by atoms with Gasteiger partial charge in [-0.25, -0.2) is 14.8 Å². The smallest absolute Gasteiger partial charge is 0.407 e. The van der Waals surface area contributed by atoms with Gasteiger partial charge in [-0.2, -0.15) is 0 Å². The van der Waals surface area contributed by atoms with Gasteiger partial charge >= 0.3 is 6.09 Å². The van der Waals surface area contributed by atoms with Crippen LogP contribution in [0.2, 0.25) is 5.04 Å². The summed E-state index contributed by atoms with van der Waals surface area (Å²) in [5.74, 6) is 0.598. The van der Waals surface area contributed by atoms with E-state index in [1.165, 1.54) is 10.4 Å². The summed E-state index contributed by atoms with van der Waals surface area (Å²) in [5.41, 5.74) is -0.633. The number of nitrogens with one attached hydrogen (secondary N) is 1. The third-order valence-corrected chi connectivity index (χ3v) is 11.4. The molecule has 2 atom stereocenters. The molecule has 0 bridgehead atoms. The first-order valence-corrected chi connectivity index (χ1v) is 14.9. The van der Waals surface area contributed by atoms with E-state index in [1.807, 2.05) is 32.9 Å². The Morgan fingerprint density at radius 1 is 0.868 bits per heavy atom. The van der Waals surface area contributed by atoms with E-state index < -0.39 is 32.2 Å². The van der Waals surface area contributed by atoms with Crippen LogP contribution < -0.4 is 15.7 Å². The Morgan fingerprint density at radius 3 is 1.84 bits per heavy atom. The molecule has 0 radical (unpaired) electrons. The highest BCUT2D eigenvalue weighted by molar-refractivity contribution is 6.99. The van der Waals surface area contributed by atoms with E-state index in [-0.39, 0.29) is 11.6 Å². The van der Waals surface area contributed by atoms with Gasteiger partial charge in [0.25, 0.3) is 8.32 Å². The molecular weight excluding hydrogens is 494 g/mol. The summed E-state index contributed by atoms with van der Waals surface area (Å²) in [6, 6.07) is 22.2. The Morgan fingerprint density at radius 2 is 1.39 bits per heavy atom. The highest BCUT2D eigenvalue weighted by Gasteiger charge is 2.50. The monoisotopic (exact) mass is 535 g/mol. The number of amides is 1. The number of aromatic nitrogens is 2. The van der Waals surface area contributed by atoms with Crippen LogP contribution in [0.3, 0.4) is 0 Å². The zero-order valence-corrected chi connectivity index (χ0v) is 24.6. The molecule has 38 heavy (non-hydrogen) atoms. The molecule has 1 N–H and O–H groups in total. The predicted molar refractivity (Wildman–Crippen MR) is 153 cm³/mol. The first kappa shape index (κ1) is 29.5. The first-order valence-electron chi connectivity index (χ1n) is 13.0. The van der Waals surface area contributed by atoms with Crippen molar-refractivity contribution in [3.8, 4) is 0 Å². The van der Waals surface area contributed by atoms with Crippen LogP contribution >= 0.6 is 0 Å². The fourth-order valence-corrected chi connectivity index (χ4v) is 9.25. The lowest BCUT2D eigenvalue weighted by Gasteiger charge is -2.44. The molecule has 0 aliphatic rings. The number of alkyl carbamates (subject to hydrolysis) is 1. The number of hydrogen-bond acceptors (Lipinski definition) is 6. The Labute approximate surface area is 228 Å².